The molecule has 104 valence electrons. The molecule has 1 unspecified atom stereocenters. The van der Waals surface area contributed by atoms with Gasteiger partial charge in [0.15, 0.2) is 0 Å². The van der Waals surface area contributed by atoms with Gasteiger partial charge in [-0.2, -0.15) is 0 Å². The second-order valence-electron chi connectivity index (χ2n) is 4.20. The van der Waals surface area contributed by atoms with Crippen molar-refractivity contribution in [1.82, 2.24) is 0 Å². The van der Waals surface area contributed by atoms with Crippen LogP contribution in [-0.4, -0.2) is 19.1 Å². The molecule has 0 radical (unpaired) electrons. The lowest BCUT2D eigenvalue weighted by atomic mass is 9.99. The molecule has 2 aromatic carbocycles. The quantitative estimate of drug-likeness (QED) is 0.619. The maximum absolute atomic E-state index is 11.1. The van der Waals surface area contributed by atoms with Gasteiger partial charge in [0.05, 0.1) is 17.6 Å². The molecule has 0 saturated heterocycles. The Balaban J connectivity index is 2.44. The number of benzene rings is 2. The average molecular weight is 273 g/mol. The fourth-order valence-electron chi connectivity index (χ4n) is 2.10. The highest BCUT2D eigenvalue weighted by Crippen LogP contribution is 2.32. The van der Waals surface area contributed by atoms with Crippen molar-refractivity contribution < 1.29 is 14.4 Å². The third kappa shape index (κ3) is 2.78. The third-order valence-electron chi connectivity index (χ3n) is 3.07. The van der Waals surface area contributed by atoms with Crippen LogP contribution < -0.4 is 4.74 Å². The van der Waals surface area contributed by atoms with Crippen molar-refractivity contribution in [2.75, 3.05) is 14.2 Å². The van der Waals surface area contributed by atoms with Crippen LogP contribution in [0.3, 0.4) is 0 Å². The lowest BCUT2D eigenvalue weighted by Crippen LogP contribution is -2.06. The van der Waals surface area contributed by atoms with E-state index in [0.29, 0.717) is 5.56 Å². The van der Waals surface area contributed by atoms with Crippen molar-refractivity contribution in [1.29, 1.82) is 0 Å². The van der Waals surface area contributed by atoms with E-state index < -0.39 is 11.0 Å². The Labute approximate surface area is 116 Å². The molecule has 5 nitrogen and oxygen atoms in total. The van der Waals surface area contributed by atoms with E-state index in [1.165, 1.54) is 13.2 Å². The smallest absolute Gasteiger partial charge is 0.275 e. The van der Waals surface area contributed by atoms with Crippen LogP contribution in [0.15, 0.2) is 48.5 Å². The molecule has 2 aromatic rings. The number of nitro groups is 1. The molecule has 0 saturated carbocycles. The minimum absolute atomic E-state index is 0.0511. The first-order valence-corrected chi connectivity index (χ1v) is 6.07. The molecular formula is C15H15NO4. The van der Waals surface area contributed by atoms with Crippen molar-refractivity contribution >= 4 is 5.69 Å². The normalized spacial score (nSPS) is 11.9. The van der Waals surface area contributed by atoms with Gasteiger partial charge in [0, 0.05) is 13.2 Å². The summed E-state index contributed by atoms with van der Waals surface area (Å²) < 4.78 is 10.5. The van der Waals surface area contributed by atoms with Crippen molar-refractivity contribution in [3.63, 3.8) is 0 Å². The van der Waals surface area contributed by atoms with E-state index in [9.17, 15) is 10.1 Å². The summed E-state index contributed by atoms with van der Waals surface area (Å²) in [5.74, 6) is 0.728. The molecule has 0 amide bonds. The van der Waals surface area contributed by atoms with Gasteiger partial charge in [0.1, 0.15) is 11.9 Å². The molecule has 0 fully saturated rings. The number of ether oxygens (including phenoxy) is 2. The monoisotopic (exact) mass is 273 g/mol. The van der Waals surface area contributed by atoms with Crippen LogP contribution in [0.2, 0.25) is 0 Å². The van der Waals surface area contributed by atoms with E-state index in [1.54, 1.807) is 37.4 Å². The highest BCUT2D eigenvalue weighted by Gasteiger charge is 2.22. The van der Waals surface area contributed by atoms with Crippen LogP contribution in [0, 0.1) is 10.1 Å². The Bertz CT molecular complexity index is 595. The third-order valence-corrected chi connectivity index (χ3v) is 3.07. The van der Waals surface area contributed by atoms with E-state index in [1.807, 2.05) is 12.1 Å². The van der Waals surface area contributed by atoms with Crippen LogP contribution in [0.25, 0.3) is 0 Å². The first-order chi connectivity index (χ1) is 9.67. The summed E-state index contributed by atoms with van der Waals surface area (Å²) in [5, 5.41) is 11.1. The van der Waals surface area contributed by atoms with Gasteiger partial charge in [-0.3, -0.25) is 10.1 Å². The fourth-order valence-corrected chi connectivity index (χ4v) is 2.10. The minimum Gasteiger partial charge on any atom is -0.497 e. The Kier molecular flexibility index (Phi) is 4.32. The second-order valence-corrected chi connectivity index (χ2v) is 4.20. The molecule has 0 aliphatic rings. The first-order valence-electron chi connectivity index (χ1n) is 6.07. The van der Waals surface area contributed by atoms with Gasteiger partial charge in [0.2, 0.25) is 0 Å². The van der Waals surface area contributed by atoms with Crippen LogP contribution >= 0.6 is 0 Å². The second kappa shape index (κ2) is 6.16. The van der Waals surface area contributed by atoms with E-state index in [-0.39, 0.29) is 5.69 Å². The highest BCUT2D eigenvalue weighted by atomic mass is 16.6. The van der Waals surface area contributed by atoms with Crippen molar-refractivity contribution in [2.24, 2.45) is 0 Å². The zero-order valence-corrected chi connectivity index (χ0v) is 11.3. The Morgan fingerprint density at radius 2 is 1.70 bits per heavy atom. The van der Waals surface area contributed by atoms with E-state index in [0.717, 1.165) is 11.3 Å². The lowest BCUT2D eigenvalue weighted by Gasteiger charge is -2.16. The Hall–Kier alpha value is -2.40. The number of para-hydroxylation sites is 1. The molecule has 5 heteroatoms. The average Bonchev–Trinajstić information content (AvgIpc) is 2.49. The van der Waals surface area contributed by atoms with Crippen molar-refractivity contribution in [3.05, 3.63) is 69.8 Å². The molecular weight excluding hydrogens is 258 g/mol. The van der Waals surface area contributed by atoms with Crippen LogP contribution in [0.4, 0.5) is 5.69 Å². The number of hydrogen-bond acceptors (Lipinski definition) is 4. The predicted octanol–water partition coefficient (Wildman–Crippen LogP) is 3.34. The topological polar surface area (TPSA) is 61.6 Å². The van der Waals surface area contributed by atoms with Crippen LogP contribution in [0.1, 0.15) is 17.2 Å². The van der Waals surface area contributed by atoms with Gasteiger partial charge >= 0.3 is 0 Å². The summed E-state index contributed by atoms with van der Waals surface area (Å²) in [6.45, 7) is 0. The van der Waals surface area contributed by atoms with Crippen LogP contribution in [-0.2, 0) is 4.74 Å². The molecule has 0 N–H and O–H groups in total. The molecule has 20 heavy (non-hydrogen) atoms. The van der Waals surface area contributed by atoms with Gasteiger partial charge in [-0.15, -0.1) is 0 Å². The minimum atomic E-state index is -0.484. The SMILES string of the molecule is COc1ccc(C(OC)c2ccccc2[N+](=O)[O-])cc1. The maximum atomic E-state index is 11.1. The Morgan fingerprint density at radius 3 is 2.25 bits per heavy atom. The van der Waals surface area contributed by atoms with E-state index >= 15 is 0 Å². The molecule has 0 bridgehead atoms. The zero-order chi connectivity index (χ0) is 14.5. The zero-order valence-electron chi connectivity index (χ0n) is 11.3. The number of nitro benzene ring substituents is 1. The fraction of sp³-hybridized carbons (Fsp3) is 0.200. The standard InChI is InChI=1S/C15H15NO4/c1-19-12-9-7-11(8-10-12)15(20-2)13-5-3-4-6-14(13)16(17)18/h3-10,15H,1-2H3. The number of methoxy groups -OCH3 is 2. The summed E-state index contributed by atoms with van der Waals surface area (Å²) in [7, 11) is 3.12. The van der Waals surface area contributed by atoms with Gasteiger partial charge in [-0.05, 0) is 23.8 Å². The van der Waals surface area contributed by atoms with Crippen molar-refractivity contribution in [3.8, 4) is 5.75 Å². The molecule has 0 aromatic heterocycles. The summed E-state index contributed by atoms with van der Waals surface area (Å²) in [6, 6.07) is 13.9. The van der Waals surface area contributed by atoms with Gasteiger partial charge in [-0.1, -0.05) is 24.3 Å². The first kappa shape index (κ1) is 14.0. The summed E-state index contributed by atoms with van der Waals surface area (Å²) in [6.07, 6.45) is -0.484. The molecule has 0 aliphatic heterocycles. The number of nitrogens with zero attached hydrogens (tertiary/aromatic N) is 1. The van der Waals surface area contributed by atoms with E-state index in [4.69, 9.17) is 9.47 Å². The largest absolute Gasteiger partial charge is 0.497 e. The summed E-state index contributed by atoms with van der Waals surface area (Å²) >= 11 is 0. The molecule has 0 heterocycles. The summed E-state index contributed by atoms with van der Waals surface area (Å²) in [4.78, 5) is 10.7. The van der Waals surface area contributed by atoms with Gasteiger partial charge < -0.3 is 9.47 Å². The molecule has 1 atom stereocenters. The highest BCUT2D eigenvalue weighted by molar-refractivity contribution is 5.46. The van der Waals surface area contributed by atoms with Gasteiger partial charge in [0.25, 0.3) is 5.69 Å². The Morgan fingerprint density at radius 1 is 1.05 bits per heavy atom. The maximum Gasteiger partial charge on any atom is 0.275 e. The number of rotatable bonds is 5. The van der Waals surface area contributed by atoms with Crippen molar-refractivity contribution in [2.45, 2.75) is 6.10 Å². The van der Waals surface area contributed by atoms with Gasteiger partial charge in [-0.25, -0.2) is 0 Å². The van der Waals surface area contributed by atoms with Crippen LogP contribution in [0.5, 0.6) is 5.75 Å². The molecule has 2 rings (SSSR count). The molecule has 0 aliphatic carbocycles. The summed E-state index contributed by atoms with van der Waals surface area (Å²) in [5.41, 5.74) is 1.42. The molecule has 0 spiro atoms. The number of hydrogen-bond donors (Lipinski definition) is 0. The lowest BCUT2D eigenvalue weighted by molar-refractivity contribution is -0.386. The van der Waals surface area contributed by atoms with E-state index in [2.05, 4.69) is 0 Å². The predicted molar refractivity (Wildman–Crippen MR) is 74.9 cm³/mol.